The number of rotatable bonds is 7. The van der Waals surface area contributed by atoms with Crippen molar-refractivity contribution in [2.24, 2.45) is 0 Å². The van der Waals surface area contributed by atoms with Gasteiger partial charge in [-0.3, -0.25) is 0 Å². The van der Waals surface area contributed by atoms with Crippen LogP contribution < -0.4 is 46.2 Å². The Balaban J connectivity index is 1.09. The third-order valence-electron chi connectivity index (χ3n) is 22.9. The van der Waals surface area contributed by atoms with Crippen molar-refractivity contribution in [3.8, 4) is 11.1 Å². The summed E-state index contributed by atoms with van der Waals surface area (Å²) in [6, 6.07) is 77.2. The highest BCUT2D eigenvalue weighted by Gasteiger charge is 2.51. The standard InChI is InChI=1S/C84H89BN2SSi/c1-78(2,3)55-46-72-75-73(47-55)87(70-51-66-63(79(4,5)40-43-82(66,10)11)48-61(70)54-28-20-16-21-29-54)71-52-67-65(81(8,9)42-44-83(67,12)13)50-69(71)85(75)77-76(62-49-64-68(53-74(62)88-77)84(14,15)45-41-80(64,6)7)86(72)56-36-38-60(39-37-56)89(57-30-22-17-23-31-57,58-32-24-18-25-33-58)59-34-26-19-27-35-59/h16-39,46-53H,40-45H2,1-15H3. The fourth-order valence-corrected chi connectivity index (χ4v) is 23.2. The Morgan fingerprint density at radius 2 is 0.787 bits per heavy atom. The fraction of sp³-hybridized carbons (Fsp3) is 0.333. The molecule has 0 amide bonds. The summed E-state index contributed by atoms with van der Waals surface area (Å²) in [6.45, 7) is 37.4. The molecule has 3 heterocycles. The molecule has 448 valence electrons. The van der Waals surface area contributed by atoms with E-state index in [2.05, 4.69) is 319 Å². The van der Waals surface area contributed by atoms with E-state index in [1.54, 1.807) is 0 Å². The molecular weight excluding hydrogens is 1110 g/mol. The van der Waals surface area contributed by atoms with Crippen LogP contribution in [0.15, 0.2) is 194 Å². The predicted octanol–water partition coefficient (Wildman–Crippen LogP) is 18.4. The van der Waals surface area contributed by atoms with Gasteiger partial charge in [0.05, 0.1) is 11.4 Å². The topological polar surface area (TPSA) is 6.48 Å². The average molecular weight is 1200 g/mol. The maximum absolute atomic E-state index is 2.85. The highest BCUT2D eigenvalue weighted by molar-refractivity contribution is 7.33. The van der Waals surface area contributed by atoms with Gasteiger partial charge >= 0.3 is 0 Å². The van der Waals surface area contributed by atoms with E-state index >= 15 is 0 Å². The van der Waals surface area contributed by atoms with Gasteiger partial charge in [0.2, 0.25) is 0 Å². The van der Waals surface area contributed by atoms with Gasteiger partial charge in [0, 0.05) is 43.2 Å². The Labute approximate surface area is 537 Å². The van der Waals surface area contributed by atoms with E-state index in [-0.39, 0.29) is 44.6 Å². The Bertz CT molecular complexity index is 4370. The quantitative estimate of drug-likeness (QED) is 0.116. The lowest BCUT2D eigenvalue weighted by atomic mass is 9.35. The third-order valence-corrected chi connectivity index (χ3v) is 28.9. The van der Waals surface area contributed by atoms with Crippen molar-refractivity contribution in [1.29, 1.82) is 0 Å². The molecule has 3 aliphatic carbocycles. The Kier molecular flexibility index (Phi) is 13.0. The number of thiophene rings is 1. The molecule has 0 radical (unpaired) electrons. The molecule has 89 heavy (non-hydrogen) atoms. The van der Waals surface area contributed by atoms with Gasteiger partial charge in [0.1, 0.15) is 0 Å². The monoisotopic (exact) mass is 1200 g/mol. The minimum Gasteiger partial charge on any atom is -0.311 e. The summed E-state index contributed by atoms with van der Waals surface area (Å²) in [6.07, 6.45) is 6.96. The van der Waals surface area contributed by atoms with Crippen LogP contribution in [0.2, 0.25) is 0 Å². The molecule has 10 aromatic rings. The van der Waals surface area contributed by atoms with Crippen LogP contribution in [-0.4, -0.2) is 14.8 Å². The summed E-state index contributed by atoms with van der Waals surface area (Å²) in [4.78, 5) is 5.60. The van der Waals surface area contributed by atoms with Gasteiger partial charge in [-0.05, 0) is 207 Å². The molecule has 0 saturated carbocycles. The molecule has 2 nitrogen and oxygen atoms in total. The Morgan fingerprint density at radius 1 is 0.393 bits per heavy atom. The van der Waals surface area contributed by atoms with Crippen molar-refractivity contribution in [3.63, 3.8) is 0 Å². The number of fused-ring (bicyclic) bond motifs is 9. The van der Waals surface area contributed by atoms with E-state index in [9.17, 15) is 0 Å². The van der Waals surface area contributed by atoms with Gasteiger partial charge in [-0.25, -0.2) is 0 Å². The van der Waals surface area contributed by atoms with Crippen LogP contribution in [0, 0.1) is 0 Å². The highest BCUT2D eigenvalue weighted by Crippen LogP contribution is 2.57. The lowest BCUT2D eigenvalue weighted by Crippen LogP contribution is -2.74. The van der Waals surface area contributed by atoms with E-state index < -0.39 is 8.07 Å². The van der Waals surface area contributed by atoms with Crippen molar-refractivity contribution in [2.75, 3.05) is 9.80 Å². The number of benzene rings is 9. The lowest BCUT2D eigenvalue weighted by molar-refractivity contribution is 0.332. The molecule has 5 aliphatic rings. The van der Waals surface area contributed by atoms with E-state index in [1.165, 1.54) is 144 Å². The molecule has 9 aromatic carbocycles. The minimum atomic E-state index is -2.85. The molecule has 0 unspecified atom stereocenters. The molecule has 0 atom stereocenters. The van der Waals surface area contributed by atoms with Crippen LogP contribution in [0.25, 0.3) is 21.2 Å². The van der Waals surface area contributed by atoms with Crippen molar-refractivity contribution < 1.29 is 0 Å². The smallest absolute Gasteiger partial charge is 0.264 e. The van der Waals surface area contributed by atoms with Gasteiger partial charge in [0.25, 0.3) is 6.71 Å². The van der Waals surface area contributed by atoms with Crippen LogP contribution in [0.4, 0.5) is 34.1 Å². The highest BCUT2D eigenvalue weighted by atomic mass is 32.1. The van der Waals surface area contributed by atoms with Crippen LogP contribution in [0.1, 0.15) is 181 Å². The maximum Gasteiger partial charge on any atom is 0.264 e. The number of hydrogen-bond donors (Lipinski definition) is 0. The number of anilines is 6. The molecule has 0 spiro atoms. The van der Waals surface area contributed by atoms with Crippen molar-refractivity contribution in [1.82, 2.24) is 0 Å². The van der Waals surface area contributed by atoms with Gasteiger partial charge in [0.15, 0.2) is 8.07 Å². The second kappa shape index (κ2) is 19.9. The summed E-state index contributed by atoms with van der Waals surface area (Å²) in [5, 5.41) is 6.91. The first-order valence-electron chi connectivity index (χ1n) is 33.3. The summed E-state index contributed by atoms with van der Waals surface area (Å²) in [5.74, 6) is 0. The second-order valence-electron chi connectivity index (χ2n) is 32.4. The van der Waals surface area contributed by atoms with Crippen molar-refractivity contribution in [2.45, 2.75) is 180 Å². The molecule has 0 N–H and O–H groups in total. The summed E-state index contributed by atoms with van der Waals surface area (Å²) >= 11 is 2.08. The summed E-state index contributed by atoms with van der Waals surface area (Å²) < 4.78 is 2.84. The first-order valence-corrected chi connectivity index (χ1v) is 36.1. The predicted molar refractivity (Wildman–Crippen MR) is 389 cm³/mol. The molecule has 15 rings (SSSR count). The van der Waals surface area contributed by atoms with Gasteiger partial charge in [-0.1, -0.05) is 243 Å². The Hall–Kier alpha value is -7.18. The molecule has 0 bridgehead atoms. The van der Waals surface area contributed by atoms with Crippen LogP contribution in [-0.2, 0) is 37.9 Å². The van der Waals surface area contributed by atoms with E-state index in [1.807, 2.05) is 0 Å². The zero-order valence-corrected chi connectivity index (χ0v) is 57.4. The largest absolute Gasteiger partial charge is 0.311 e. The maximum atomic E-state index is 2.82. The third kappa shape index (κ3) is 8.88. The van der Waals surface area contributed by atoms with Crippen LogP contribution >= 0.6 is 11.3 Å². The van der Waals surface area contributed by atoms with E-state index in [4.69, 9.17) is 0 Å². The molecule has 1 aromatic heterocycles. The van der Waals surface area contributed by atoms with Crippen LogP contribution in [0.3, 0.4) is 0 Å². The summed E-state index contributed by atoms with van der Waals surface area (Å²) in [7, 11) is -2.85. The van der Waals surface area contributed by atoms with Crippen LogP contribution in [0.5, 0.6) is 0 Å². The van der Waals surface area contributed by atoms with E-state index in [0.29, 0.717) is 0 Å². The molecular formula is C84H89BN2SSi. The number of nitrogens with zero attached hydrogens (tertiary/aromatic N) is 2. The second-order valence-corrected chi connectivity index (χ2v) is 37.3. The fourth-order valence-electron chi connectivity index (χ4n) is 17.1. The molecule has 0 fully saturated rings. The molecule has 2 aliphatic heterocycles. The first-order chi connectivity index (χ1) is 42.2. The number of hydrogen-bond acceptors (Lipinski definition) is 3. The first kappa shape index (κ1) is 58.2. The van der Waals surface area contributed by atoms with Crippen molar-refractivity contribution in [3.05, 3.63) is 233 Å². The van der Waals surface area contributed by atoms with Gasteiger partial charge in [-0.2, -0.15) is 0 Å². The average Bonchev–Trinajstić information content (AvgIpc) is 1.67. The normalized spacial score (nSPS) is 18.7. The zero-order valence-electron chi connectivity index (χ0n) is 55.6. The van der Waals surface area contributed by atoms with Gasteiger partial charge < -0.3 is 9.80 Å². The van der Waals surface area contributed by atoms with Crippen molar-refractivity contribution >= 4 is 107 Å². The minimum absolute atomic E-state index is 0.0000160. The summed E-state index contributed by atoms with van der Waals surface area (Å²) in [5.41, 5.74) is 23.4. The molecule has 0 saturated heterocycles. The zero-order chi connectivity index (χ0) is 62.2. The Morgan fingerprint density at radius 3 is 1.26 bits per heavy atom. The molecule has 5 heteroatoms. The van der Waals surface area contributed by atoms with E-state index in [0.717, 1.165) is 25.7 Å². The lowest BCUT2D eigenvalue weighted by Gasteiger charge is -2.48. The van der Waals surface area contributed by atoms with Gasteiger partial charge in [-0.15, -0.1) is 11.3 Å². The SMILES string of the molecule is CC(C)(C)c1cc2c3c(c1)N(c1ccc([Si](c4ccccc4)(c4ccccc4)c4ccccc4)cc1)c1c(sc4cc5c(cc14)C(C)(C)CCC5(C)C)B3c1cc3c(cc1N2c1cc2c(cc1-c1ccccc1)C(C)(C)CCC2(C)C)C(C)(C)CCC3(C)C.